The zero-order valence-corrected chi connectivity index (χ0v) is 9.84. The van der Waals surface area contributed by atoms with Gasteiger partial charge in [0.2, 0.25) is 5.13 Å². The summed E-state index contributed by atoms with van der Waals surface area (Å²) < 4.78 is 93.9. The predicted molar refractivity (Wildman–Crippen MR) is 53.6 cm³/mol. The van der Waals surface area contributed by atoms with E-state index in [0.29, 0.717) is 0 Å². The molecule has 0 fully saturated rings. The number of allylic oxidation sites excluding steroid dienone is 1. The highest BCUT2D eigenvalue weighted by Gasteiger charge is 2.53. The van der Waals surface area contributed by atoms with Crippen molar-refractivity contribution in [1.29, 1.82) is 0 Å². The monoisotopic (exact) mass is 318 g/mol. The second-order valence-corrected chi connectivity index (χ2v) is 4.45. The zero-order valence-electron chi connectivity index (χ0n) is 9.09. The maximum Gasteiger partial charge on any atom is 0.228 e. The quantitative estimate of drug-likeness (QED) is 0.251. The van der Waals surface area contributed by atoms with E-state index in [4.69, 9.17) is 11.6 Å². The van der Waals surface area contributed by atoms with Crippen molar-refractivity contribution < 1.29 is 35.5 Å². The van der Waals surface area contributed by atoms with E-state index < -0.39 is 63.4 Å². The van der Waals surface area contributed by atoms with Crippen LogP contribution in [0.5, 0.6) is 0 Å². The molecule has 9 heteroatoms. The molecule has 1 nitrogen and oxygen atoms in total. The number of alkyl halides is 2. The van der Waals surface area contributed by atoms with Gasteiger partial charge in [-0.1, -0.05) is 11.6 Å². The van der Waals surface area contributed by atoms with Crippen molar-refractivity contribution in [1.82, 2.24) is 0 Å². The number of hydrogen-bond acceptors (Lipinski definition) is 1. The summed E-state index contributed by atoms with van der Waals surface area (Å²) in [4.78, 5) is 10.5. The summed E-state index contributed by atoms with van der Waals surface area (Å²) in [5, 5.41) is -3.80. The number of halogens is 8. The normalized spacial score (nSPS) is 25.7. The zero-order chi connectivity index (χ0) is 15.4. The second-order valence-electron chi connectivity index (χ2n) is 3.90. The number of benzene rings is 1. The Morgan fingerprint density at radius 2 is 1.45 bits per heavy atom. The lowest BCUT2D eigenvalue weighted by Gasteiger charge is -2.30. The first-order valence-electron chi connectivity index (χ1n) is 4.91. The molecule has 0 aromatic heterocycles. The van der Waals surface area contributed by atoms with Gasteiger partial charge in [0.1, 0.15) is 12.2 Å². The van der Waals surface area contributed by atoms with Gasteiger partial charge in [0.05, 0.1) is 11.1 Å². The number of rotatable bonds is 1. The molecule has 2 unspecified atom stereocenters. The van der Waals surface area contributed by atoms with E-state index in [-0.39, 0.29) is 0 Å². The van der Waals surface area contributed by atoms with E-state index >= 15 is 0 Å². The summed E-state index contributed by atoms with van der Waals surface area (Å²) in [6.07, 6.45) is -0.497. The summed E-state index contributed by atoms with van der Waals surface area (Å²) in [6.45, 7) is 0. The van der Waals surface area contributed by atoms with E-state index in [0.717, 1.165) is 0 Å². The van der Waals surface area contributed by atoms with Gasteiger partial charge in [0.25, 0.3) is 0 Å². The Morgan fingerprint density at radius 3 is 1.95 bits per heavy atom. The molecule has 0 radical (unpaired) electrons. The molecule has 0 heterocycles. The first-order chi connectivity index (χ1) is 9.16. The number of hydrogen-bond donors (Lipinski definition) is 0. The molecule has 0 amide bonds. The van der Waals surface area contributed by atoms with Crippen LogP contribution in [0, 0.1) is 29.2 Å². The molecule has 1 aliphatic rings. The Morgan fingerprint density at radius 1 is 0.950 bits per heavy atom. The van der Waals surface area contributed by atoms with Gasteiger partial charge >= 0.3 is 0 Å². The molecule has 0 spiro atoms. The van der Waals surface area contributed by atoms with Crippen LogP contribution < -0.4 is 0 Å². The van der Waals surface area contributed by atoms with Crippen LogP contribution in [0.3, 0.4) is 0 Å². The van der Waals surface area contributed by atoms with Crippen molar-refractivity contribution in [2.75, 3.05) is 0 Å². The molecule has 0 aliphatic heterocycles. The van der Waals surface area contributed by atoms with Gasteiger partial charge in [-0.05, 0) is 0 Å². The first-order valence-corrected chi connectivity index (χ1v) is 5.29. The highest BCUT2D eigenvalue weighted by atomic mass is 35.5. The van der Waals surface area contributed by atoms with Crippen LogP contribution in [0.2, 0.25) is 0 Å². The van der Waals surface area contributed by atoms with Crippen molar-refractivity contribution in [3.05, 3.63) is 40.2 Å². The van der Waals surface area contributed by atoms with Gasteiger partial charge < -0.3 is 4.79 Å². The van der Waals surface area contributed by atoms with E-state index in [1.54, 1.807) is 0 Å². The van der Waals surface area contributed by atoms with Crippen LogP contribution in [0.15, 0.2) is 5.83 Å². The molecule has 1 aliphatic carbocycles. The summed E-state index contributed by atoms with van der Waals surface area (Å²) in [5.41, 5.74) is -3.62. The lowest BCUT2D eigenvalue weighted by atomic mass is 9.85. The summed E-state index contributed by atoms with van der Waals surface area (Å²) >= 11 is 5.10. The van der Waals surface area contributed by atoms with E-state index in [1.165, 1.54) is 0 Å². The molecule has 20 heavy (non-hydrogen) atoms. The van der Waals surface area contributed by atoms with E-state index in [1.807, 2.05) is 0 Å². The Balaban J connectivity index is 3.01. The summed E-state index contributed by atoms with van der Waals surface area (Å²) in [5.74, 6) is -16.6. The number of carbonyl (C=O) groups is 1. The smallest absolute Gasteiger partial charge is 0.228 e. The average Bonchev–Trinajstić information content (AvgIpc) is 2.38. The van der Waals surface area contributed by atoms with Crippen molar-refractivity contribution in [2.45, 2.75) is 5.13 Å². The van der Waals surface area contributed by atoms with Gasteiger partial charge in [-0.3, -0.25) is 0 Å². The third-order valence-electron chi connectivity index (χ3n) is 2.83. The number of aldehydes is 1. The Hall–Kier alpha value is -1.57. The van der Waals surface area contributed by atoms with Crippen LogP contribution in [0.25, 0.3) is 5.83 Å². The fraction of sp³-hybridized carbons (Fsp3) is 0.182. The topological polar surface area (TPSA) is 17.1 Å². The van der Waals surface area contributed by atoms with Crippen LogP contribution in [-0.2, 0) is 9.92 Å². The fourth-order valence-corrected chi connectivity index (χ4v) is 2.19. The van der Waals surface area contributed by atoms with Gasteiger partial charge in [0.15, 0.2) is 34.9 Å². The first kappa shape index (κ1) is 14.8. The molecular weight excluding hydrogens is 317 g/mol. The van der Waals surface area contributed by atoms with Crippen LogP contribution in [0.4, 0.5) is 30.7 Å². The third-order valence-corrected chi connectivity index (χ3v) is 3.25. The minimum absolute atomic E-state index is 0.497. The Bertz CT molecular complexity index is 653. The lowest BCUT2D eigenvalue weighted by Crippen LogP contribution is -2.33. The van der Waals surface area contributed by atoms with Gasteiger partial charge in [-0.2, -0.15) is 0 Å². The van der Waals surface area contributed by atoms with Crippen molar-refractivity contribution in [2.24, 2.45) is 5.92 Å². The molecule has 0 N–H and O–H groups in total. The number of carbonyl (C=O) groups excluding carboxylic acids is 1. The Labute approximate surface area is 111 Å². The lowest BCUT2D eigenvalue weighted by molar-refractivity contribution is -0.113. The minimum Gasteiger partial charge on any atom is -0.302 e. The number of fused-ring (bicyclic) bond motifs is 1. The molecule has 2 atom stereocenters. The fourth-order valence-electron chi connectivity index (χ4n) is 1.87. The van der Waals surface area contributed by atoms with Crippen molar-refractivity contribution in [3.63, 3.8) is 0 Å². The van der Waals surface area contributed by atoms with Gasteiger partial charge in [-0.25, -0.2) is 30.7 Å². The van der Waals surface area contributed by atoms with Gasteiger partial charge in [-0.15, -0.1) is 0 Å². The van der Waals surface area contributed by atoms with Crippen LogP contribution in [0.1, 0.15) is 11.1 Å². The maximum atomic E-state index is 14.1. The summed E-state index contributed by atoms with van der Waals surface area (Å²) in [7, 11) is 0. The molecule has 1 aromatic rings. The standard InChI is InChI=1S/C11H2ClF7O/c12-11(19)2(1-20)5(13)6(14)3-4(11)8(16)10(18)9(17)7(3)15/h1-2H. The third kappa shape index (κ3) is 1.67. The molecule has 0 saturated carbocycles. The SMILES string of the molecule is O=CC1C(F)=C(F)c2c(F)c(F)c(F)c(F)c2C1(F)Cl. The van der Waals surface area contributed by atoms with Crippen molar-refractivity contribution in [3.8, 4) is 0 Å². The highest BCUT2D eigenvalue weighted by Crippen LogP contribution is 2.52. The summed E-state index contributed by atoms with van der Waals surface area (Å²) in [6, 6.07) is 0. The largest absolute Gasteiger partial charge is 0.302 e. The molecular formula is C11H2ClF7O. The molecule has 108 valence electrons. The minimum atomic E-state index is -3.80. The van der Waals surface area contributed by atoms with Crippen LogP contribution >= 0.6 is 11.6 Å². The molecule has 0 bridgehead atoms. The molecule has 0 saturated heterocycles. The maximum absolute atomic E-state index is 14.1. The average molecular weight is 319 g/mol. The molecule has 1 aromatic carbocycles. The predicted octanol–water partition coefficient (Wildman–Crippen LogP) is 4.04. The highest BCUT2D eigenvalue weighted by molar-refractivity contribution is 6.25. The Kier molecular flexibility index (Phi) is 3.32. The van der Waals surface area contributed by atoms with Gasteiger partial charge in [0, 0.05) is 0 Å². The van der Waals surface area contributed by atoms with Crippen LogP contribution in [-0.4, -0.2) is 6.29 Å². The van der Waals surface area contributed by atoms with Crippen molar-refractivity contribution >= 4 is 23.7 Å². The van der Waals surface area contributed by atoms with E-state index in [9.17, 15) is 35.5 Å². The second kappa shape index (κ2) is 4.47. The van der Waals surface area contributed by atoms with E-state index in [2.05, 4.69) is 0 Å². The molecule has 2 rings (SSSR count).